The Hall–Kier alpha value is -1.42. The normalized spacial score (nSPS) is 15.1. The predicted octanol–water partition coefficient (Wildman–Crippen LogP) is 1.85. The molecule has 1 amide bonds. The van der Waals surface area contributed by atoms with Crippen molar-refractivity contribution >= 4 is 23.1 Å². The van der Waals surface area contributed by atoms with Crippen molar-refractivity contribution in [3.63, 3.8) is 0 Å². The maximum Gasteiger partial charge on any atom is 0.251 e. The summed E-state index contributed by atoms with van der Waals surface area (Å²) < 4.78 is 0. The molecule has 1 aliphatic rings. The van der Waals surface area contributed by atoms with Crippen LogP contribution in [0.25, 0.3) is 0 Å². The maximum absolute atomic E-state index is 11.9. The van der Waals surface area contributed by atoms with Crippen LogP contribution in [0.5, 0.6) is 0 Å². The maximum atomic E-state index is 11.9. The highest BCUT2D eigenvalue weighted by Gasteiger charge is 2.18. The lowest BCUT2D eigenvalue weighted by molar-refractivity contribution is 0.0939. The zero-order chi connectivity index (χ0) is 12.3. The third kappa shape index (κ3) is 3.03. The zero-order valence-electron chi connectivity index (χ0n) is 9.61. The molecule has 4 heteroatoms. The molecule has 3 N–H and O–H groups in total. The number of nitrogens with one attached hydrogen (secondary N) is 1. The summed E-state index contributed by atoms with van der Waals surface area (Å²) in [6.07, 6.45) is 3.75. The van der Waals surface area contributed by atoms with E-state index in [2.05, 4.69) is 5.32 Å². The standard InChI is InChI=1S/C13H16N2OS/c14-12(17)10-5-2-6-11(7-10)13(16)15-8-9-3-1-4-9/h2,5-7,9H,1,3-4,8H2,(H2,14,17)(H,15,16). The number of rotatable bonds is 4. The van der Waals surface area contributed by atoms with E-state index < -0.39 is 0 Å². The van der Waals surface area contributed by atoms with Gasteiger partial charge in [0.15, 0.2) is 0 Å². The third-order valence-electron chi connectivity index (χ3n) is 3.19. The molecule has 0 radical (unpaired) electrons. The van der Waals surface area contributed by atoms with Crippen LogP contribution in [0.3, 0.4) is 0 Å². The van der Waals surface area contributed by atoms with Gasteiger partial charge >= 0.3 is 0 Å². The number of hydrogen-bond donors (Lipinski definition) is 2. The molecule has 90 valence electrons. The van der Waals surface area contributed by atoms with Gasteiger partial charge in [-0.3, -0.25) is 4.79 Å². The van der Waals surface area contributed by atoms with E-state index >= 15 is 0 Å². The van der Waals surface area contributed by atoms with Gasteiger partial charge in [0, 0.05) is 17.7 Å². The third-order valence-corrected chi connectivity index (χ3v) is 3.42. The Morgan fingerprint density at radius 2 is 2.12 bits per heavy atom. The van der Waals surface area contributed by atoms with Gasteiger partial charge in [-0.25, -0.2) is 0 Å². The fraction of sp³-hybridized carbons (Fsp3) is 0.385. The van der Waals surface area contributed by atoms with E-state index in [9.17, 15) is 4.79 Å². The van der Waals surface area contributed by atoms with Crippen LogP contribution in [0.2, 0.25) is 0 Å². The van der Waals surface area contributed by atoms with E-state index in [0.29, 0.717) is 16.5 Å². The number of carbonyl (C=O) groups is 1. The van der Waals surface area contributed by atoms with Crippen molar-refractivity contribution < 1.29 is 4.79 Å². The van der Waals surface area contributed by atoms with E-state index in [4.69, 9.17) is 18.0 Å². The molecule has 3 nitrogen and oxygen atoms in total. The van der Waals surface area contributed by atoms with Gasteiger partial charge in [-0.15, -0.1) is 0 Å². The fourth-order valence-electron chi connectivity index (χ4n) is 1.85. The molecule has 0 bridgehead atoms. The second kappa shape index (κ2) is 5.27. The lowest BCUT2D eigenvalue weighted by atomic mass is 9.85. The lowest BCUT2D eigenvalue weighted by Gasteiger charge is -2.25. The molecule has 0 atom stereocenters. The van der Waals surface area contributed by atoms with E-state index in [1.807, 2.05) is 6.07 Å². The predicted molar refractivity (Wildman–Crippen MR) is 72.0 cm³/mol. The summed E-state index contributed by atoms with van der Waals surface area (Å²) in [7, 11) is 0. The summed E-state index contributed by atoms with van der Waals surface area (Å²) in [5, 5.41) is 2.94. The monoisotopic (exact) mass is 248 g/mol. The molecular formula is C13H16N2OS. The quantitative estimate of drug-likeness (QED) is 0.800. The topological polar surface area (TPSA) is 55.1 Å². The van der Waals surface area contributed by atoms with Crippen LogP contribution in [-0.2, 0) is 0 Å². The minimum Gasteiger partial charge on any atom is -0.389 e. The SMILES string of the molecule is NC(=S)c1cccc(C(=O)NCC2CCC2)c1. The van der Waals surface area contributed by atoms with E-state index in [1.165, 1.54) is 19.3 Å². The number of hydrogen-bond acceptors (Lipinski definition) is 2. The van der Waals surface area contributed by atoms with Gasteiger partial charge in [0.1, 0.15) is 4.99 Å². The number of nitrogens with two attached hydrogens (primary N) is 1. The second-order valence-corrected chi connectivity index (χ2v) is 4.89. The van der Waals surface area contributed by atoms with Crippen molar-refractivity contribution in [2.75, 3.05) is 6.54 Å². The second-order valence-electron chi connectivity index (χ2n) is 4.45. The first kappa shape index (κ1) is 12.0. The van der Waals surface area contributed by atoms with Crippen LogP contribution < -0.4 is 11.1 Å². The first-order valence-electron chi connectivity index (χ1n) is 5.85. The number of amides is 1. The molecule has 1 saturated carbocycles. The molecule has 1 aromatic rings. The van der Waals surface area contributed by atoms with Crippen LogP contribution in [0.4, 0.5) is 0 Å². The Labute approximate surface area is 106 Å². The Morgan fingerprint density at radius 3 is 2.71 bits per heavy atom. The zero-order valence-corrected chi connectivity index (χ0v) is 10.4. The number of thiocarbonyl (C=S) groups is 1. The molecule has 0 aliphatic heterocycles. The minimum atomic E-state index is -0.0463. The van der Waals surface area contributed by atoms with E-state index in [-0.39, 0.29) is 5.91 Å². The molecule has 2 rings (SSSR count). The summed E-state index contributed by atoms with van der Waals surface area (Å²) in [6, 6.07) is 7.12. The van der Waals surface area contributed by atoms with Crippen LogP contribution in [0.1, 0.15) is 35.2 Å². The first-order valence-corrected chi connectivity index (χ1v) is 6.25. The molecule has 0 spiro atoms. The van der Waals surface area contributed by atoms with Crippen LogP contribution in [0.15, 0.2) is 24.3 Å². The highest BCUT2D eigenvalue weighted by molar-refractivity contribution is 7.80. The van der Waals surface area contributed by atoms with Crippen molar-refractivity contribution in [1.82, 2.24) is 5.32 Å². The summed E-state index contributed by atoms with van der Waals surface area (Å²) in [5.41, 5.74) is 6.89. The molecule has 0 unspecified atom stereocenters. The van der Waals surface area contributed by atoms with E-state index in [1.54, 1.807) is 18.2 Å². The molecule has 1 aliphatic carbocycles. The average Bonchev–Trinajstić information content (AvgIpc) is 2.27. The number of benzene rings is 1. The summed E-state index contributed by atoms with van der Waals surface area (Å²) in [4.78, 5) is 12.2. The molecule has 1 fully saturated rings. The van der Waals surface area contributed by atoms with E-state index in [0.717, 1.165) is 12.1 Å². The first-order chi connectivity index (χ1) is 8.16. The Balaban J connectivity index is 1.97. The summed E-state index contributed by atoms with van der Waals surface area (Å²) >= 11 is 4.89. The van der Waals surface area contributed by atoms with Crippen LogP contribution in [-0.4, -0.2) is 17.4 Å². The van der Waals surface area contributed by atoms with Crippen molar-refractivity contribution in [1.29, 1.82) is 0 Å². The number of carbonyl (C=O) groups excluding carboxylic acids is 1. The summed E-state index contributed by atoms with van der Waals surface area (Å²) in [5.74, 6) is 0.618. The Kier molecular flexibility index (Phi) is 3.74. The molecule has 0 saturated heterocycles. The van der Waals surface area contributed by atoms with Crippen molar-refractivity contribution in [3.8, 4) is 0 Å². The average molecular weight is 248 g/mol. The van der Waals surface area contributed by atoms with Gasteiger partial charge in [-0.2, -0.15) is 0 Å². The highest BCUT2D eigenvalue weighted by Crippen LogP contribution is 2.25. The minimum absolute atomic E-state index is 0.0463. The van der Waals surface area contributed by atoms with Crippen molar-refractivity contribution in [3.05, 3.63) is 35.4 Å². The van der Waals surface area contributed by atoms with Gasteiger partial charge < -0.3 is 11.1 Å². The molecule has 0 aromatic heterocycles. The van der Waals surface area contributed by atoms with Crippen molar-refractivity contribution in [2.45, 2.75) is 19.3 Å². The summed E-state index contributed by atoms with van der Waals surface area (Å²) in [6.45, 7) is 0.774. The fourth-order valence-corrected chi connectivity index (χ4v) is 1.98. The van der Waals surface area contributed by atoms with Crippen molar-refractivity contribution in [2.24, 2.45) is 11.7 Å². The largest absolute Gasteiger partial charge is 0.389 e. The van der Waals surface area contributed by atoms with Gasteiger partial charge in [-0.05, 0) is 30.9 Å². The van der Waals surface area contributed by atoms with Gasteiger partial charge in [0.05, 0.1) is 0 Å². The molecule has 0 heterocycles. The van der Waals surface area contributed by atoms with Crippen LogP contribution in [0, 0.1) is 5.92 Å². The lowest BCUT2D eigenvalue weighted by Crippen LogP contribution is -2.32. The van der Waals surface area contributed by atoms with Crippen LogP contribution >= 0.6 is 12.2 Å². The Bertz CT molecular complexity index is 441. The molecular weight excluding hydrogens is 232 g/mol. The molecule has 17 heavy (non-hydrogen) atoms. The van der Waals surface area contributed by atoms with Gasteiger partial charge in [-0.1, -0.05) is 30.8 Å². The van der Waals surface area contributed by atoms with Gasteiger partial charge in [0.25, 0.3) is 5.91 Å². The highest BCUT2D eigenvalue weighted by atomic mass is 32.1. The van der Waals surface area contributed by atoms with Gasteiger partial charge in [0.2, 0.25) is 0 Å². The molecule has 1 aromatic carbocycles. The Morgan fingerprint density at radius 1 is 1.41 bits per heavy atom. The smallest absolute Gasteiger partial charge is 0.251 e.